The highest BCUT2D eigenvalue weighted by Crippen LogP contribution is 2.22. The first kappa shape index (κ1) is 10.0. The Bertz CT molecular complexity index is 222. The van der Waals surface area contributed by atoms with E-state index in [2.05, 4.69) is 12.2 Å². The molecular formula is C9H14ClNS. The van der Waals surface area contributed by atoms with Crippen molar-refractivity contribution in [2.45, 2.75) is 19.8 Å². The second-order valence-electron chi connectivity index (χ2n) is 2.65. The molecule has 0 saturated carbocycles. The van der Waals surface area contributed by atoms with Gasteiger partial charge in [0.05, 0.1) is 5.02 Å². The van der Waals surface area contributed by atoms with Crippen LogP contribution < -0.4 is 5.32 Å². The minimum absolute atomic E-state index is 0.927. The third-order valence-electron chi connectivity index (χ3n) is 1.70. The first-order valence-corrected chi connectivity index (χ1v) is 5.53. The number of nitrogens with one attached hydrogen (secondary N) is 1. The number of rotatable bonds is 5. The summed E-state index contributed by atoms with van der Waals surface area (Å²) in [6.07, 6.45) is 2.28. The van der Waals surface area contributed by atoms with Crippen LogP contribution in [0.5, 0.6) is 0 Å². The van der Waals surface area contributed by atoms with Crippen LogP contribution >= 0.6 is 22.9 Å². The molecule has 0 aromatic carbocycles. The zero-order chi connectivity index (χ0) is 8.81. The Morgan fingerprint density at radius 3 is 3.00 bits per heavy atom. The number of aryl methyl sites for hydroxylation is 1. The zero-order valence-corrected chi connectivity index (χ0v) is 8.84. The highest BCUT2D eigenvalue weighted by Gasteiger charge is 1.99. The molecule has 0 saturated heterocycles. The van der Waals surface area contributed by atoms with Gasteiger partial charge in [0.1, 0.15) is 0 Å². The molecule has 0 bridgehead atoms. The minimum Gasteiger partial charge on any atom is -0.317 e. The van der Waals surface area contributed by atoms with Gasteiger partial charge in [0.2, 0.25) is 0 Å². The Morgan fingerprint density at radius 1 is 1.58 bits per heavy atom. The zero-order valence-electron chi connectivity index (χ0n) is 7.27. The van der Waals surface area contributed by atoms with Crippen molar-refractivity contribution in [3.05, 3.63) is 21.3 Å². The van der Waals surface area contributed by atoms with Gasteiger partial charge in [-0.3, -0.25) is 0 Å². The summed E-state index contributed by atoms with van der Waals surface area (Å²) in [6, 6.07) is 1.97. The van der Waals surface area contributed by atoms with E-state index in [1.807, 2.05) is 11.4 Å². The fourth-order valence-electron chi connectivity index (χ4n) is 1.05. The number of hydrogen-bond donors (Lipinski definition) is 1. The average molecular weight is 204 g/mol. The number of halogens is 1. The predicted molar refractivity (Wildman–Crippen MR) is 56.2 cm³/mol. The van der Waals surface area contributed by atoms with Crippen LogP contribution in [0.4, 0.5) is 0 Å². The summed E-state index contributed by atoms with van der Waals surface area (Å²) in [4.78, 5) is 1.31. The summed E-state index contributed by atoms with van der Waals surface area (Å²) >= 11 is 7.69. The molecular weight excluding hydrogens is 190 g/mol. The Morgan fingerprint density at radius 2 is 2.42 bits per heavy atom. The van der Waals surface area contributed by atoms with E-state index in [0.29, 0.717) is 0 Å². The van der Waals surface area contributed by atoms with Crippen molar-refractivity contribution in [1.29, 1.82) is 0 Å². The minimum atomic E-state index is 0.927. The number of thiophene rings is 1. The van der Waals surface area contributed by atoms with Gasteiger partial charge in [0.25, 0.3) is 0 Å². The summed E-state index contributed by atoms with van der Waals surface area (Å²) in [7, 11) is 0. The fourth-order valence-corrected chi connectivity index (χ4v) is 2.23. The second kappa shape index (κ2) is 5.57. The first-order chi connectivity index (χ1) is 5.84. The van der Waals surface area contributed by atoms with E-state index in [0.717, 1.165) is 24.5 Å². The molecule has 1 aromatic heterocycles. The quantitative estimate of drug-likeness (QED) is 0.726. The first-order valence-electron chi connectivity index (χ1n) is 4.27. The summed E-state index contributed by atoms with van der Waals surface area (Å²) < 4.78 is 0. The monoisotopic (exact) mass is 203 g/mol. The molecule has 0 amide bonds. The molecule has 0 aliphatic rings. The maximum Gasteiger partial charge on any atom is 0.0544 e. The van der Waals surface area contributed by atoms with E-state index in [1.165, 1.54) is 11.3 Å². The van der Waals surface area contributed by atoms with Gasteiger partial charge < -0.3 is 5.32 Å². The Hall–Kier alpha value is -0.0500. The van der Waals surface area contributed by atoms with E-state index in [4.69, 9.17) is 11.6 Å². The average Bonchev–Trinajstić information content (AvgIpc) is 2.46. The summed E-state index contributed by atoms with van der Waals surface area (Å²) in [5.74, 6) is 0. The van der Waals surface area contributed by atoms with Crippen LogP contribution in [0.15, 0.2) is 11.4 Å². The van der Waals surface area contributed by atoms with Crippen molar-refractivity contribution in [1.82, 2.24) is 5.32 Å². The van der Waals surface area contributed by atoms with Crippen molar-refractivity contribution >= 4 is 22.9 Å². The molecule has 68 valence electrons. The molecule has 3 heteroatoms. The molecule has 0 aliphatic carbocycles. The number of hydrogen-bond acceptors (Lipinski definition) is 2. The van der Waals surface area contributed by atoms with Crippen molar-refractivity contribution in [2.75, 3.05) is 13.1 Å². The Balaban J connectivity index is 2.20. The van der Waals surface area contributed by atoms with Crippen molar-refractivity contribution in [2.24, 2.45) is 0 Å². The lowest BCUT2D eigenvalue weighted by atomic mass is 10.2. The Kier molecular flexibility index (Phi) is 4.66. The van der Waals surface area contributed by atoms with E-state index in [-0.39, 0.29) is 0 Å². The SMILES string of the molecule is CCNCCCc1sccc1Cl. The summed E-state index contributed by atoms with van der Waals surface area (Å²) in [5.41, 5.74) is 0. The van der Waals surface area contributed by atoms with Crippen molar-refractivity contribution in [3.8, 4) is 0 Å². The van der Waals surface area contributed by atoms with Gasteiger partial charge in [-0.2, -0.15) is 0 Å². The van der Waals surface area contributed by atoms with Crippen LogP contribution in [0.25, 0.3) is 0 Å². The second-order valence-corrected chi connectivity index (χ2v) is 4.06. The van der Waals surface area contributed by atoms with Gasteiger partial charge >= 0.3 is 0 Å². The molecule has 1 aromatic rings. The molecule has 0 aliphatic heterocycles. The van der Waals surface area contributed by atoms with Crippen LogP contribution in [-0.2, 0) is 6.42 Å². The fraction of sp³-hybridized carbons (Fsp3) is 0.556. The molecule has 0 spiro atoms. The van der Waals surface area contributed by atoms with E-state index in [9.17, 15) is 0 Å². The maximum absolute atomic E-state index is 5.94. The third-order valence-corrected chi connectivity index (χ3v) is 3.15. The molecule has 1 heterocycles. The van der Waals surface area contributed by atoms with Gasteiger partial charge in [0, 0.05) is 4.88 Å². The highest BCUT2D eigenvalue weighted by atomic mass is 35.5. The van der Waals surface area contributed by atoms with Gasteiger partial charge in [-0.25, -0.2) is 0 Å². The largest absolute Gasteiger partial charge is 0.317 e. The normalized spacial score (nSPS) is 10.5. The summed E-state index contributed by atoms with van der Waals surface area (Å²) in [5, 5.41) is 6.27. The van der Waals surface area contributed by atoms with Crippen molar-refractivity contribution in [3.63, 3.8) is 0 Å². The molecule has 0 unspecified atom stereocenters. The topological polar surface area (TPSA) is 12.0 Å². The predicted octanol–water partition coefficient (Wildman–Crippen LogP) is 2.94. The van der Waals surface area contributed by atoms with E-state index < -0.39 is 0 Å². The summed E-state index contributed by atoms with van der Waals surface area (Å²) in [6.45, 7) is 4.26. The van der Waals surface area contributed by atoms with Crippen LogP contribution in [0.3, 0.4) is 0 Å². The molecule has 0 radical (unpaired) electrons. The van der Waals surface area contributed by atoms with Gasteiger partial charge in [-0.15, -0.1) is 11.3 Å². The molecule has 1 nitrogen and oxygen atoms in total. The standard InChI is InChI=1S/C9H14ClNS/c1-2-11-6-3-4-9-8(10)5-7-12-9/h5,7,11H,2-4,6H2,1H3. The lowest BCUT2D eigenvalue weighted by Crippen LogP contribution is -2.14. The maximum atomic E-state index is 5.94. The van der Waals surface area contributed by atoms with Gasteiger partial charge in [0.15, 0.2) is 0 Å². The lowest BCUT2D eigenvalue weighted by Gasteiger charge is -1.99. The lowest BCUT2D eigenvalue weighted by molar-refractivity contribution is 0.675. The van der Waals surface area contributed by atoms with Gasteiger partial charge in [-0.05, 0) is 37.4 Å². The van der Waals surface area contributed by atoms with Crippen LogP contribution in [-0.4, -0.2) is 13.1 Å². The molecule has 0 atom stereocenters. The van der Waals surface area contributed by atoms with Gasteiger partial charge in [-0.1, -0.05) is 18.5 Å². The molecule has 0 fully saturated rings. The molecule has 1 rings (SSSR count). The van der Waals surface area contributed by atoms with E-state index >= 15 is 0 Å². The smallest absolute Gasteiger partial charge is 0.0544 e. The molecule has 1 N–H and O–H groups in total. The highest BCUT2D eigenvalue weighted by molar-refractivity contribution is 7.10. The van der Waals surface area contributed by atoms with Crippen molar-refractivity contribution < 1.29 is 0 Å². The van der Waals surface area contributed by atoms with Crippen LogP contribution in [0.2, 0.25) is 5.02 Å². The van der Waals surface area contributed by atoms with E-state index in [1.54, 1.807) is 11.3 Å². The molecule has 12 heavy (non-hydrogen) atoms. The van der Waals surface area contributed by atoms with Crippen LogP contribution in [0, 0.1) is 0 Å². The van der Waals surface area contributed by atoms with Crippen LogP contribution in [0.1, 0.15) is 18.2 Å². The Labute approximate surface area is 82.7 Å². The third kappa shape index (κ3) is 3.13.